The van der Waals surface area contributed by atoms with E-state index in [1.807, 2.05) is 22.9 Å². The summed E-state index contributed by atoms with van der Waals surface area (Å²) in [6, 6.07) is 5.81. The summed E-state index contributed by atoms with van der Waals surface area (Å²) in [7, 11) is 0. The summed E-state index contributed by atoms with van der Waals surface area (Å²) in [5, 5.41) is 12.8. The van der Waals surface area contributed by atoms with Crippen LogP contribution < -0.4 is 5.73 Å². The van der Waals surface area contributed by atoms with Crippen molar-refractivity contribution in [1.82, 2.24) is 20.2 Å². The Kier molecular flexibility index (Phi) is 4.10. The van der Waals surface area contributed by atoms with Crippen molar-refractivity contribution in [3.8, 4) is 11.4 Å². The third kappa shape index (κ3) is 2.88. The van der Waals surface area contributed by atoms with Crippen LogP contribution in [0.15, 0.2) is 18.2 Å². The molecular formula is C15H20ClN5. The predicted octanol–water partition coefficient (Wildman–Crippen LogP) is 3.72. The molecule has 0 saturated heterocycles. The number of nitrogens with two attached hydrogens (primary N) is 1. The molecule has 1 aliphatic carbocycles. The van der Waals surface area contributed by atoms with Crippen molar-refractivity contribution < 1.29 is 0 Å². The van der Waals surface area contributed by atoms with Crippen LogP contribution in [0.4, 0.5) is 5.69 Å². The number of tetrazole rings is 1. The standard InChI is InChI=1S/C15H20ClN5/c1-10-4-2-5-11(9-8-10)21-15(18-19-20-21)14-12(16)6-3-7-13(14)17/h3,6-7,10-11H,2,4-5,8-9,17H2,1H3. The third-order valence-electron chi connectivity index (χ3n) is 4.34. The second kappa shape index (κ2) is 6.02. The number of hydrogen-bond acceptors (Lipinski definition) is 4. The molecule has 1 saturated carbocycles. The van der Waals surface area contributed by atoms with Crippen LogP contribution in [-0.4, -0.2) is 20.2 Å². The van der Waals surface area contributed by atoms with E-state index in [9.17, 15) is 0 Å². The number of nitrogen functional groups attached to an aromatic ring is 1. The van der Waals surface area contributed by atoms with E-state index in [4.69, 9.17) is 17.3 Å². The van der Waals surface area contributed by atoms with Crippen LogP contribution in [0.1, 0.15) is 45.1 Å². The molecule has 1 aromatic carbocycles. The summed E-state index contributed by atoms with van der Waals surface area (Å²) in [4.78, 5) is 0. The number of aromatic nitrogens is 4. The van der Waals surface area contributed by atoms with Gasteiger partial charge in [-0.2, -0.15) is 0 Å². The highest BCUT2D eigenvalue weighted by Crippen LogP contribution is 2.36. The summed E-state index contributed by atoms with van der Waals surface area (Å²) in [6.45, 7) is 2.31. The first-order chi connectivity index (χ1) is 10.2. The predicted molar refractivity (Wildman–Crippen MR) is 84.0 cm³/mol. The Balaban J connectivity index is 1.97. The molecule has 0 spiro atoms. The topological polar surface area (TPSA) is 69.6 Å². The normalized spacial score (nSPS) is 23.0. The molecule has 5 nitrogen and oxygen atoms in total. The molecule has 2 atom stereocenters. The highest BCUT2D eigenvalue weighted by atomic mass is 35.5. The number of halogens is 1. The first kappa shape index (κ1) is 14.3. The van der Waals surface area contributed by atoms with Gasteiger partial charge in [0.05, 0.1) is 16.6 Å². The fraction of sp³-hybridized carbons (Fsp3) is 0.533. The van der Waals surface area contributed by atoms with E-state index in [2.05, 4.69) is 22.4 Å². The van der Waals surface area contributed by atoms with E-state index in [1.165, 1.54) is 19.3 Å². The van der Waals surface area contributed by atoms with E-state index in [0.717, 1.165) is 24.3 Å². The highest BCUT2D eigenvalue weighted by molar-refractivity contribution is 6.33. The molecular weight excluding hydrogens is 286 g/mol. The van der Waals surface area contributed by atoms with Crippen LogP contribution in [0.2, 0.25) is 5.02 Å². The fourth-order valence-electron chi connectivity index (χ4n) is 3.09. The molecule has 0 bridgehead atoms. The Morgan fingerprint density at radius 2 is 2.10 bits per heavy atom. The summed E-state index contributed by atoms with van der Waals surface area (Å²) in [5.41, 5.74) is 7.42. The number of nitrogens with zero attached hydrogens (tertiary/aromatic N) is 4. The lowest BCUT2D eigenvalue weighted by molar-refractivity contribution is 0.394. The summed E-state index contributed by atoms with van der Waals surface area (Å²) >= 11 is 6.30. The van der Waals surface area contributed by atoms with Crippen LogP contribution in [0.5, 0.6) is 0 Å². The van der Waals surface area contributed by atoms with Gasteiger partial charge >= 0.3 is 0 Å². The Morgan fingerprint density at radius 3 is 2.90 bits per heavy atom. The minimum Gasteiger partial charge on any atom is -0.398 e. The summed E-state index contributed by atoms with van der Waals surface area (Å²) < 4.78 is 1.91. The number of benzene rings is 1. The zero-order chi connectivity index (χ0) is 14.8. The van der Waals surface area contributed by atoms with Gasteiger partial charge in [0.1, 0.15) is 0 Å². The molecule has 21 heavy (non-hydrogen) atoms. The maximum absolute atomic E-state index is 6.30. The van der Waals surface area contributed by atoms with Crippen LogP contribution in [0.3, 0.4) is 0 Å². The number of hydrogen-bond donors (Lipinski definition) is 1. The zero-order valence-corrected chi connectivity index (χ0v) is 12.9. The van der Waals surface area contributed by atoms with Crippen molar-refractivity contribution in [2.45, 2.75) is 45.1 Å². The van der Waals surface area contributed by atoms with Crippen LogP contribution in [-0.2, 0) is 0 Å². The molecule has 1 aromatic heterocycles. The van der Waals surface area contributed by atoms with E-state index in [1.54, 1.807) is 0 Å². The van der Waals surface area contributed by atoms with Gasteiger partial charge in [0, 0.05) is 5.69 Å². The van der Waals surface area contributed by atoms with Crippen molar-refractivity contribution in [2.75, 3.05) is 5.73 Å². The van der Waals surface area contributed by atoms with Gasteiger partial charge in [-0.1, -0.05) is 37.4 Å². The molecule has 6 heteroatoms. The Morgan fingerprint density at radius 1 is 1.24 bits per heavy atom. The maximum Gasteiger partial charge on any atom is 0.185 e. The van der Waals surface area contributed by atoms with Crippen molar-refractivity contribution >= 4 is 17.3 Å². The zero-order valence-electron chi connectivity index (χ0n) is 12.2. The first-order valence-electron chi connectivity index (χ1n) is 7.49. The van der Waals surface area contributed by atoms with E-state index in [0.29, 0.717) is 22.6 Å². The van der Waals surface area contributed by atoms with Gasteiger partial charge in [0.15, 0.2) is 5.82 Å². The molecule has 0 amide bonds. The SMILES string of the molecule is CC1CCCC(n2nnnc2-c2c(N)cccc2Cl)CC1. The number of rotatable bonds is 2. The Hall–Kier alpha value is -1.62. The molecule has 2 unspecified atom stereocenters. The van der Waals surface area contributed by atoms with Gasteiger partial charge in [-0.15, -0.1) is 5.10 Å². The Labute approximate surface area is 129 Å². The molecule has 3 rings (SSSR count). The first-order valence-corrected chi connectivity index (χ1v) is 7.87. The second-order valence-electron chi connectivity index (χ2n) is 5.92. The van der Waals surface area contributed by atoms with E-state index in [-0.39, 0.29) is 0 Å². The van der Waals surface area contributed by atoms with Crippen molar-refractivity contribution in [2.24, 2.45) is 5.92 Å². The van der Waals surface area contributed by atoms with Crippen LogP contribution in [0.25, 0.3) is 11.4 Å². The van der Waals surface area contributed by atoms with Crippen molar-refractivity contribution in [3.05, 3.63) is 23.2 Å². The molecule has 0 aliphatic heterocycles. The lowest BCUT2D eigenvalue weighted by atomic mass is 10.0. The molecule has 1 aliphatic rings. The number of anilines is 1. The molecule has 112 valence electrons. The molecule has 2 aromatic rings. The lowest BCUT2D eigenvalue weighted by Gasteiger charge is -2.17. The molecule has 0 radical (unpaired) electrons. The average Bonchev–Trinajstić information content (AvgIpc) is 2.81. The summed E-state index contributed by atoms with van der Waals surface area (Å²) in [5.74, 6) is 1.46. The van der Waals surface area contributed by atoms with E-state index >= 15 is 0 Å². The highest BCUT2D eigenvalue weighted by Gasteiger charge is 2.24. The molecule has 1 fully saturated rings. The largest absolute Gasteiger partial charge is 0.398 e. The minimum atomic E-state index is 0.329. The molecule has 1 heterocycles. The lowest BCUT2D eigenvalue weighted by Crippen LogP contribution is -2.12. The smallest absolute Gasteiger partial charge is 0.185 e. The van der Waals surface area contributed by atoms with Gasteiger partial charge in [-0.05, 0) is 47.7 Å². The fourth-order valence-corrected chi connectivity index (χ4v) is 3.36. The minimum absolute atomic E-state index is 0.329. The Bertz CT molecular complexity index is 604. The third-order valence-corrected chi connectivity index (χ3v) is 4.65. The van der Waals surface area contributed by atoms with Crippen LogP contribution >= 0.6 is 11.6 Å². The van der Waals surface area contributed by atoms with E-state index < -0.39 is 0 Å². The van der Waals surface area contributed by atoms with Crippen molar-refractivity contribution in [1.29, 1.82) is 0 Å². The maximum atomic E-state index is 6.30. The summed E-state index contributed by atoms with van der Waals surface area (Å²) in [6.07, 6.45) is 5.91. The molecule has 2 N–H and O–H groups in total. The second-order valence-corrected chi connectivity index (χ2v) is 6.33. The quantitative estimate of drug-likeness (QED) is 0.678. The van der Waals surface area contributed by atoms with Gasteiger partial charge < -0.3 is 5.73 Å². The van der Waals surface area contributed by atoms with Gasteiger partial charge in [0.25, 0.3) is 0 Å². The van der Waals surface area contributed by atoms with Crippen molar-refractivity contribution in [3.63, 3.8) is 0 Å². The van der Waals surface area contributed by atoms with Gasteiger partial charge in [0.2, 0.25) is 0 Å². The van der Waals surface area contributed by atoms with Gasteiger partial charge in [-0.25, -0.2) is 4.68 Å². The van der Waals surface area contributed by atoms with Gasteiger partial charge in [-0.3, -0.25) is 0 Å². The monoisotopic (exact) mass is 305 g/mol. The van der Waals surface area contributed by atoms with Crippen LogP contribution in [0, 0.1) is 5.92 Å². The average molecular weight is 306 g/mol.